The van der Waals surface area contributed by atoms with Crippen LogP contribution < -0.4 is 14.1 Å². The fraction of sp³-hybridized carbons (Fsp3) is 0. The summed E-state index contributed by atoms with van der Waals surface area (Å²) < 4.78 is 30.5. The Bertz CT molecular complexity index is 518. The van der Waals surface area contributed by atoms with Gasteiger partial charge in [-0.15, -0.1) is 8.42 Å². The summed E-state index contributed by atoms with van der Waals surface area (Å²) >= 11 is 0. The molecule has 2 bridgehead atoms. The molecule has 1 aromatic rings. The van der Waals surface area contributed by atoms with Crippen molar-refractivity contribution in [1.82, 2.24) is 0 Å². The van der Waals surface area contributed by atoms with Crippen molar-refractivity contribution in [2.75, 3.05) is 5.73 Å². The monoisotopic (exact) mass is 232 g/mol. The van der Waals surface area contributed by atoms with Crippen LogP contribution in [0.3, 0.4) is 0 Å². The molecule has 0 amide bonds. The minimum absolute atomic E-state index is 0.0876. The van der Waals surface area contributed by atoms with E-state index in [0.29, 0.717) is 0 Å². The maximum absolute atomic E-state index is 10.9. The van der Waals surface area contributed by atoms with Crippen LogP contribution >= 0.6 is 0 Å². The number of nitrogens with two attached hydrogens (primary N) is 1. The number of benzene rings is 1. The van der Waals surface area contributed by atoms with Gasteiger partial charge in [-0.25, -0.2) is 0 Å². The van der Waals surface area contributed by atoms with Gasteiger partial charge in [0.1, 0.15) is 5.69 Å². The first kappa shape index (κ1) is 9.52. The van der Waals surface area contributed by atoms with Crippen LogP contribution in [-0.4, -0.2) is 13.3 Å². The summed E-state index contributed by atoms with van der Waals surface area (Å²) in [5.41, 5.74) is 4.95. The highest BCUT2D eigenvalue weighted by Crippen LogP contribution is 2.41. The van der Waals surface area contributed by atoms with E-state index < -0.39 is 15.3 Å². The predicted molar refractivity (Wildman–Crippen MR) is 47.7 cm³/mol. The van der Waals surface area contributed by atoms with E-state index in [9.17, 15) is 18.5 Å². The number of non-ortho nitro benzene ring substituents is 1. The van der Waals surface area contributed by atoms with Gasteiger partial charge in [0.25, 0.3) is 5.69 Å². The highest BCUT2D eigenvalue weighted by atomic mass is 32.3. The van der Waals surface area contributed by atoms with Crippen molar-refractivity contribution in [1.29, 1.82) is 0 Å². The highest BCUT2D eigenvalue weighted by Gasteiger charge is 2.30. The molecular weight excluding hydrogens is 228 g/mol. The molecule has 0 saturated heterocycles. The van der Waals surface area contributed by atoms with Gasteiger partial charge in [0.15, 0.2) is 11.5 Å². The lowest BCUT2D eigenvalue weighted by Gasteiger charge is -2.16. The molecule has 1 aliphatic rings. The standard InChI is InChI=1S/C6H4N2O6S/c7-6-4-1-3(8(9)10)2-5(6)14-15(11,12)13-4/h1-2H,7H2. The second-order valence-electron chi connectivity index (χ2n) is 2.69. The third-order valence-corrected chi connectivity index (χ3v) is 2.45. The Hall–Kier alpha value is -2.03. The average molecular weight is 232 g/mol. The van der Waals surface area contributed by atoms with Gasteiger partial charge in [0.05, 0.1) is 17.1 Å². The molecule has 0 saturated carbocycles. The van der Waals surface area contributed by atoms with Crippen molar-refractivity contribution in [3.63, 3.8) is 0 Å². The van der Waals surface area contributed by atoms with Crippen molar-refractivity contribution in [3.05, 3.63) is 22.2 Å². The molecule has 8 nitrogen and oxygen atoms in total. The topological polar surface area (TPSA) is 122 Å². The van der Waals surface area contributed by atoms with Gasteiger partial charge in [0, 0.05) is 0 Å². The van der Waals surface area contributed by atoms with Crippen LogP contribution in [0.25, 0.3) is 0 Å². The summed E-state index contributed by atoms with van der Waals surface area (Å²) in [6, 6.07) is 1.83. The molecule has 2 N–H and O–H groups in total. The molecular formula is C6H4N2O6S. The van der Waals surface area contributed by atoms with Crippen LogP contribution in [0.5, 0.6) is 11.5 Å². The smallest absolute Gasteiger partial charge is 0.393 e. The molecule has 1 aromatic carbocycles. The first-order valence-corrected chi connectivity index (χ1v) is 4.94. The zero-order valence-corrected chi connectivity index (χ0v) is 7.85. The maximum atomic E-state index is 10.9. The molecule has 0 fully saturated rings. The molecule has 0 spiro atoms. The van der Waals surface area contributed by atoms with Crippen LogP contribution in [0, 0.1) is 10.1 Å². The third kappa shape index (κ3) is 1.52. The van der Waals surface area contributed by atoms with Gasteiger partial charge in [-0.05, 0) is 0 Å². The molecule has 0 atom stereocenters. The average Bonchev–Trinajstić information content (AvgIpc) is 2.07. The van der Waals surface area contributed by atoms with Crippen LogP contribution in [-0.2, 0) is 10.4 Å². The van der Waals surface area contributed by atoms with Crippen LogP contribution in [0.4, 0.5) is 11.4 Å². The Balaban J connectivity index is 2.64. The molecule has 0 aliphatic carbocycles. The second kappa shape index (κ2) is 2.73. The van der Waals surface area contributed by atoms with E-state index in [-0.39, 0.29) is 22.9 Å². The normalized spacial score (nSPS) is 16.3. The Morgan fingerprint density at radius 1 is 1.27 bits per heavy atom. The van der Waals surface area contributed by atoms with E-state index in [2.05, 4.69) is 8.37 Å². The zero-order valence-electron chi connectivity index (χ0n) is 7.04. The Morgan fingerprint density at radius 3 is 2.13 bits per heavy atom. The van der Waals surface area contributed by atoms with E-state index in [1.165, 1.54) is 0 Å². The molecule has 0 unspecified atom stereocenters. The van der Waals surface area contributed by atoms with Crippen molar-refractivity contribution >= 4 is 21.8 Å². The minimum atomic E-state index is -4.20. The largest absolute Gasteiger partial charge is 0.501 e. The van der Waals surface area contributed by atoms with Crippen LogP contribution in [0.1, 0.15) is 0 Å². The van der Waals surface area contributed by atoms with Gasteiger partial charge in [-0.2, -0.15) is 0 Å². The number of nitro benzene ring substituents is 1. The maximum Gasteiger partial charge on any atom is 0.501 e. The van der Waals surface area contributed by atoms with E-state index in [1.54, 1.807) is 0 Å². The lowest BCUT2D eigenvalue weighted by Crippen LogP contribution is -2.22. The summed E-state index contributed by atoms with van der Waals surface area (Å²) in [4.78, 5) is 9.71. The van der Waals surface area contributed by atoms with E-state index in [1.807, 2.05) is 0 Å². The van der Waals surface area contributed by atoms with Crippen molar-refractivity contribution in [2.24, 2.45) is 0 Å². The van der Waals surface area contributed by atoms with E-state index in [0.717, 1.165) is 12.1 Å². The summed E-state index contributed by atoms with van der Waals surface area (Å²) in [6.45, 7) is 0. The number of hydrogen-bond acceptors (Lipinski definition) is 7. The molecule has 1 heterocycles. The Kier molecular flexibility index (Phi) is 1.73. The number of fused-ring (bicyclic) bond motifs is 2. The SMILES string of the molecule is Nc1c2cc([N+](=O)[O-])cc1OS(=O)(=O)O2. The number of nitrogen functional groups attached to an aromatic ring is 1. The molecule has 0 aromatic heterocycles. The minimum Gasteiger partial charge on any atom is -0.393 e. The molecule has 0 radical (unpaired) electrons. The quantitative estimate of drug-likeness (QED) is 0.416. The van der Waals surface area contributed by atoms with Gasteiger partial charge in [0.2, 0.25) is 0 Å². The van der Waals surface area contributed by atoms with E-state index >= 15 is 0 Å². The van der Waals surface area contributed by atoms with Crippen molar-refractivity contribution < 1.29 is 21.7 Å². The number of nitrogens with zero attached hydrogens (tertiary/aromatic N) is 1. The van der Waals surface area contributed by atoms with E-state index in [4.69, 9.17) is 5.73 Å². The third-order valence-electron chi connectivity index (χ3n) is 1.68. The predicted octanol–water partition coefficient (Wildman–Crippen LogP) is 0.193. The first-order chi connectivity index (χ1) is 6.89. The Morgan fingerprint density at radius 2 is 1.73 bits per heavy atom. The number of nitro groups is 1. The molecule has 80 valence electrons. The second-order valence-corrected chi connectivity index (χ2v) is 3.84. The van der Waals surface area contributed by atoms with Gasteiger partial charge in [-0.3, -0.25) is 10.1 Å². The van der Waals surface area contributed by atoms with Crippen LogP contribution in [0.2, 0.25) is 0 Å². The fourth-order valence-electron chi connectivity index (χ4n) is 1.07. The molecule has 2 rings (SSSR count). The number of anilines is 1. The van der Waals surface area contributed by atoms with Gasteiger partial charge < -0.3 is 14.1 Å². The van der Waals surface area contributed by atoms with Crippen molar-refractivity contribution in [2.45, 2.75) is 0 Å². The highest BCUT2D eigenvalue weighted by molar-refractivity contribution is 7.82. The van der Waals surface area contributed by atoms with Gasteiger partial charge in [-0.1, -0.05) is 0 Å². The summed E-state index contributed by atoms with van der Waals surface area (Å²) in [7, 11) is -4.20. The number of rotatable bonds is 1. The molecule has 9 heteroatoms. The summed E-state index contributed by atoms with van der Waals surface area (Å²) in [6.07, 6.45) is 0. The molecule has 1 aliphatic heterocycles. The van der Waals surface area contributed by atoms with Crippen molar-refractivity contribution in [3.8, 4) is 11.5 Å². The summed E-state index contributed by atoms with van der Waals surface area (Å²) in [5, 5.41) is 10.4. The fourth-order valence-corrected chi connectivity index (χ4v) is 1.82. The lowest BCUT2D eigenvalue weighted by molar-refractivity contribution is -0.385. The molecule has 15 heavy (non-hydrogen) atoms. The first-order valence-electron chi connectivity index (χ1n) is 3.61. The Labute approximate surface area is 83.7 Å². The van der Waals surface area contributed by atoms with Crippen LogP contribution in [0.15, 0.2) is 12.1 Å². The lowest BCUT2D eigenvalue weighted by atomic mass is 10.2. The zero-order chi connectivity index (χ0) is 11.2. The summed E-state index contributed by atoms with van der Waals surface area (Å²) in [5.74, 6) is -0.601. The van der Waals surface area contributed by atoms with Gasteiger partial charge >= 0.3 is 10.4 Å². The number of hydrogen-bond donors (Lipinski definition) is 1.